The Labute approximate surface area is 171 Å². The molecule has 1 nitrogen and oxygen atoms in total. The van der Waals surface area contributed by atoms with E-state index in [0.717, 1.165) is 6.54 Å². The highest BCUT2D eigenvalue weighted by Crippen LogP contribution is 2.43. The Bertz CT molecular complexity index is 808. The molecule has 3 rings (SSSR count). The monoisotopic (exact) mass is 373 g/mol. The first kappa shape index (κ1) is 20.5. The lowest BCUT2D eigenvalue weighted by Crippen LogP contribution is -2.35. The molecule has 0 spiro atoms. The van der Waals surface area contributed by atoms with Crippen LogP contribution in [-0.4, -0.2) is 18.0 Å². The quantitative estimate of drug-likeness (QED) is 0.356. The molecule has 0 bridgehead atoms. The average Bonchev–Trinajstić information content (AvgIpc) is 2.86. The Balaban J connectivity index is 1.84. The molecule has 0 aromatic rings. The molecule has 0 atom stereocenters. The summed E-state index contributed by atoms with van der Waals surface area (Å²) in [7, 11) is 0. The zero-order valence-corrected chi connectivity index (χ0v) is 18.0. The third-order valence-corrected chi connectivity index (χ3v) is 5.80. The molecule has 0 amide bonds. The van der Waals surface area contributed by atoms with Gasteiger partial charge in [0.2, 0.25) is 0 Å². The molecule has 0 radical (unpaired) electrons. The van der Waals surface area contributed by atoms with Crippen molar-refractivity contribution in [1.82, 2.24) is 4.90 Å². The van der Waals surface area contributed by atoms with E-state index < -0.39 is 0 Å². The van der Waals surface area contributed by atoms with Crippen molar-refractivity contribution in [2.24, 2.45) is 11.3 Å². The minimum Gasteiger partial charge on any atom is -0.377 e. The predicted octanol–water partition coefficient (Wildman–Crippen LogP) is 7.06. The summed E-state index contributed by atoms with van der Waals surface area (Å²) in [6.07, 6.45) is 26.5. The van der Waals surface area contributed by atoms with Crippen LogP contribution in [0.4, 0.5) is 0 Å². The Hall–Kier alpha value is -2.24. The smallest absolute Gasteiger partial charge is 0.0195 e. The van der Waals surface area contributed by atoms with Crippen molar-refractivity contribution in [2.45, 2.75) is 53.4 Å². The number of rotatable bonds is 6. The van der Waals surface area contributed by atoms with Gasteiger partial charge < -0.3 is 4.90 Å². The minimum atomic E-state index is 0.238. The minimum absolute atomic E-state index is 0.238. The lowest BCUT2D eigenvalue weighted by atomic mass is 9.72. The van der Waals surface area contributed by atoms with Crippen molar-refractivity contribution < 1.29 is 0 Å². The molecule has 1 aliphatic heterocycles. The van der Waals surface area contributed by atoms with E-state index in [9.17, 15) is 0 Å². The van der Waals surface area contributed by atoms with Crippen LogP contribution < -0.4 is 0 Å². The van der Waals surface area contributed by atoms with Crippen LogP contribution in [0.2, 0.25) is 0 Å². The van der Waals surface area contributed by atoms with Gasteiger partial charge in [-0.25, -0.2) is 0 Å². The molecule has 28 heavy (non-hydrogen) atoms. The van der Waals surface area contributed by atoms with Crippen LogP contribution in [0.1, 0.15) is 53.4 Å². The SMILES string of the molecule is CC(C)CN1C=C(C(C=CC=CC2=CC=CC=C=C2)=C2CCC2)C(C)(C)CC1. The molecule has 0 aromatic heterocycles. The maximum Gasteiger partial charge on any atom is 0.0195 e. The Morgan fingerprint density at radius 3 is 2.75 bits per heavy atom. The first-order valence-electron chi connectivity index (χ1n) is 10.8. The van der Waals surface area contributed by atoms with Gasteiger partial charge in [0.05, 0.1) is 0 Å². The van der Waals surface area contributed by atoms with Gasteiger partial charge in [-0.2, -0.15) is 0 Å². The average molecular weight is 374 g/mol. The number of allylic oxidation sites excluding steroid dienone is 12. The van der Waals surface area contributed by atoms with Gasteiger partial charge in [0, 0.05) is 19.3 Å². The lowest BCUT2D eigenvalue weighted by molar-refractivity contribution is 0.245. The number of hydrogen-bond acceptors (Lipinski definition) is 1. The van der Waals surface area contributed by atoms with Crippen molar-refractivity contribution in [2.75, 3.05) is 13.1 Å². The molecule has 3 aliphatic rings. The second-order valence-electron chi connectivity index (χ2n) is 9.18. The highest BCUT2D eigenvalue weighted by Gasteiger charge is 2.32. The van der Waals surface area contributed by atoms with Crippen LogP contribution in [-0.2, 0) is 0 Å². The zero-order chi connectivity index (χ0) is 20.0. The van der Waals surface area contributed by atoms with Crippen LogP contribution in [0.25, 0.3) is 0 Å². The summed E-state index contributed by atoms with van der Waals surface area (Å²) < 4.78 is 0. The second kappa shape index (κ2) is 9.30. The fourth-order valence-corrected chi connectivity index (χ4v) is 3.94. The Morgan fingerprint density at radius 1 is 1.21 bits per heavy atom. The second-order valence-corrected chi connectivity index (χ2v) is 9.18. The number of nitrogens with zero attached hydrogens (tertiary/aromatic N) is 1. The van der Waals surface area contributed by atoms with Crippen molar-refractivity contribution >= 4 is 0 Å². The third kappa shape index (κ3) is 5.40. The van der Waals surface area contributed by atoms with E-state index in [1.165, 1.54) is 48.9 Å². The fourth-order valence-electron chi connectivity index (χ4n) is 3.94. The molecule has 0 aromatic carbocycles. The molecule has 1 heteroatoms. The third-order valence-electron chi connectivity index (χ3n) is 5.80. The maximum absolute atomic E-state index is 3.16. The van der Waals surface area contributed by atoms with Crippen LogP contribution in [0.15, 0.2) is 88.9 Å². The standard InChI is InChI=1S/C27H35N/c1-22(2)20-28-19-18-27(3,4)26(21-28)25(24-15-11-16-24)17-10-9-14-23-12-7-5-6-8-13-23/h5-7,9-10,12-14,17,21-22H,11,15-16,18-20H2,1-4H3. The van der Waals surface area contributed by atoms with Crippen molar-refractivity contribution in [3.63, 3.8) is 0 Å². The molecule has 148 valence electrons. The van der Waals surface area contributed by atoms with E-state index in [1.54, 1.807) is 5.57 Å². The van der Waals surface area contributed by atoms with E-state index in [1.807, 2.05) is 18.2 Å². The molecular formula is C27H35N. The van der Waals surface area contributed by atoms with Gasteiger partial charge >= 0.3 is 0 Å². The summed E-state index contributed by atoms with van der Waals surface area (Å²) in [5, 5.41) is 0. The van der Waals surface area contributed by atoms with E-state index in [0.29, 0.717) is 5.92 Å². The predicted molar refractivity (Wildman–Crippen MR) is 122 cm³/mol. The van der Waals surface area contributed by atoms with Crippen molar-refractivity contribution in [1.29, 1.82) is 0 Å². The molecule has 1 fully saturated rings. The van der Waals surface area contributed by atoms with Crippen molar-refractivity contribution in [3.8, 4) is 0 Å². The largest absolute Gasteiger partial charge is 0.377 e. The van der Waals surface area contributed by atoms with Crippen LogP contribution >= 0.6 is 0 Å². The van der Waals surface area contributed by atoms with E-state index >= 15 is 0 Å². The Morgan fingerprint density at radius 2 is 2.04 bits per heavy atom. The first-order chi connectivity index (χ1) is 13.5. The van der Waals surface area contributed by atoms with Crippen LogP contribution in [0, 0.1) is 11.3 Å². The van der Waals surface area contributed by atoms with Gasteiger partial charge in [-0.05, 0) is 65.9 Å². The Kier molecular flexibility index (Phi) is 6.81. The first-order valence-corrected chi connectivity index (χ1v) is 10.8. The zero-order valence-electron chi connectivity index (χ0n) is 18.0. The summed E-state index contributed by atoms with van der Waals surface area (Å²) >= 11 is 0. The van der Waals surface area contributed by atoms with Crippen LogP contribution in [0.3, 0.4) is 0 Å². The van der Waals surface area contributed by atoms with Gasteiger partial charge in [-0.15, -0.1) is 5.73 Å². The molecular weight excluding hydrogens is 338 g/mol. The summed E-state index contributed by atoms with van der Waals surface area (Å²) in [5.74, 6) is 0.695. The molecule has 2 aliphatic carbocycles. The van der Waals surface area contributed by atoms with Gasteiger partial charge in [0.25, 0.3) is 0 Å². The van der Waals surface area contributed by atoms with E-state index in [-0.39, 0.29) is 5.41 Å². The lowest BCUT2D eigenvalue weighted by Gasteiger charge is -2.40. The highest BCUT2D eigenvalue weighted by molar-refractivity contribution is 5.49. The van der Waals surface area contributed by atoms with E-state index in [2.05, 4.69) is 81.0 Å². The summed E-state index contributed by atoms with van der Waals surface area (Å²) in [5.41, 5.74) is 9.22. The van der Waals surface area contributed by atoms with Crippen molar-refractivity contribution in [3.05, 3.63) is 88.9 Å². The molecule has 1 heterocycles. The summed E-state index contributed by atoms with van der Waals surface area (Å²) in [4.78, 5) is 2.54. The van der Waals surface area contributed by atoms with Gasteiger partial charge in [-0.3, -0.25) is 0 Å². The molecule has 0 unspecified atom stereocenters. The number of hydrogen-bond donors (Lipinski definition) is 0. The van der Waals surface area contributed by atoms with Crippen LogP contribution in [0.5, 0.6) is 0 Å². The topological polar surface area (TPSA) is 3.24 Å². The van der Waals surface area contributed by atoms with Gasteiger partial charge in [-0.1, -0.05) is 75.8 Å². The molecule has 0 saturated heterocycles. The van der Waals surface area contributed by atoms with E-state index in [4.69, 9.17) is 0 Å². The molecule has 0 N–H and O–H groups in total. The van der Waals surface area contributed by atoms with Gasteiger partial charge in [0.15, 0.2) is 0 Å². The normalized spacial score (nSPS) is 21.3. The fraction of sp³-hybridized carbons (Fsp3) is 0.444. The van der Waals surface area contributed by atoms with Gasteiger partial charge in [0.1, 0.15) is 0 Å². The maximum atomic E-state index is 3.16. The highest BCUT2D eigenvalue weighted by atomic mass is 15.1. The summed E-state index contributed by atoms with van der Waals surface area (Å²) in [6, 6.07) is 0. The molecule has 1 saturated carbocycles. The summed E-state index contributed by atoms with van der Waals surface area (Å²) in [6.45, 7) is 11.8.